The molecule has 0 saturated carbocycles. The van der Waals surface area contributed by atoms with Crippen LogP contribution in [-0.2, 0) is 0 Å². The molecular weight excluding hydrogens is 362 g/mol. The fourth-order valence-corrected chi connectivity index (χ4v) is 2.68. The van der Waals surface area contributed by atoms with E-state index in [0.717, 1.165) is 0 Å². The van der Waals surface area contributed by atoms with Gasteiger partial charge in [-0.2, -0.15) is 8.78 Å². The quantitative estimate of drug-likeness (QED) is 0.535. The predicted octanol–water partition coefficient (Wildman–Crippen LogP) is 5.47. The fraction of sp³-hybridized carbons (Fsp3) is 0.133. The van der Waals surface area contributed by atoms with Gasteiger partial charge in [0.25, 0.3) is 5.76 Å². The van der Waals surface area contributed by atoms with Crippen LogP contribution in [0.5, 0.6) is 5.75 Å². The molecule has 0 amide bonds. The molecule has 8 heteroatoms. The van der Waals surface area contributed by atoms with Crippen LogP contribution in [0.15, 0.2) is 47.4 Å². The first-order valence-corrected chi connectivity index (χ1v) is 8.11. The highest BCUT2D eigenvalue weighted by molar-refractivity contribution is 7.99. The van der Waals surface area contributed by atoms with Crippen molar-refractivity contribution in [2.45, 2.75) is 10.7 Å². The second kappa shape index (κ2) is 8.33. The number of ether oxygens (including phenoxy) is 1. The van der Waals surface area contributed by atoms with Crippen LogP contribution in [0, 0.1) is 0 Å². The molecule has 0 saturated heterocycles. The Hall–Kier alpha value is -1.57. The number of halogens is 3. The molecule has 2 rings (SSSR count). The second-order valence-electron chi connectivity index (χ2n) is 4.33. The van der Waals surface area contributed by atoms with Gasteiger partial charge >= 0.3 is 0 Å². The summed E-state index contributed by atoms with van der Waals surface area (Å²) in [6, 6.07) is 11.7. The summed E-state index contributed by atoms with van der Waals surface area (Å²) in [5, 5.41) is 6.83. The molecule has 0 aromatic heterocycles. The van der Waals surface area contributed by atoms with E-state index in [2.05, 4.69) is 10.6 Å². The molecule has 0 radical (unpaired) electrons. The molecule has 0 bridgehead atoms. The van der Waals surface area contributed by atoms with E-state index in [1.54, 1.807) is 49.6 Å². The lowest BCUT2D eigenvalue weighted by Gasteiger charge is -2.14. The Balaban J connectivity index is 2.01. The Morgan fingerprint density at radius 1 is 1.17 bits per heavy atom. The van der Waals surface area contributed by atoms with Gasteiger partial charge in [-0.25, -0.2) is 0 Å². The van der Waals surface area contributed by atoms with Gasteiger partial charge < -0.3 is 15.4 Å². The van der Waals surface area contributed by atoms with Crippen molar-refractivity contribution in [3.8, 4) is 5.75 Å². The van der Waals surface area contributed by atoms with Crippen LogP contribution in [0.1, 0.15) is 0 Å². The van der Waals surface area contributed by atoms with E-state index in [4.69, 9.17) is 28.6 Å². The molecule has 0 aliphatic carbocycles. The molecule has 2 aromatic carbocycles. The van der Waals surface area contributed by atoms with Gasteiger partial charge in [-0.3, -0.25) is 0 Å². The van der Waals surface area contributed by atoms with E-state index >= 15 is 0 Å². The largest absolute Gasteiger partial charge is 0.495 e. The number of alkyl halides is 2. The monoisotopic (exact) mass is 374 g/mol. The van der Waals surface area contributed by atoms with Crippen molar-refractivity contribution in [2.75, 3.05) is 17.7 Å². The molecule has 122 valence electrons. The van der Waals surface area contributed by atoms with Crippen LogP contribution in [0.25, 0.3) is 0 Å². The molecule has 0 unspecified atom stereocenters. The van der Waals surface area contributed by atoms with Crippen LogP contribution in [0.2, 0.25) is 5.02 Å². The van der Waals surface area contributed by atoms with Gasteiger partial charge in [0.1, 0.15) is 5.75 Å². The van der Waals surface area contributed by atoms with Crippen molar-refractivity contribution in [1.29, 1.82) is 0 Å². The molecule has 3 nitrogen and oxygen atoms in total. The molecular formula is C15H13ClF2N2OS2. The minimum atomic E-state index is -2.44. The Kier molecular flexibility index (Phi) is 6.44. The zero-order valence-electron chi connectivity index (χ0n) is 12.0. The van der Waals surface area contributed by atoms with Gasteiger partial charge in [0.15, 0.2) is 5.11 Å². The van der Waals surface area contributed by atoms with E-state index in [9.17, 15) is 8.78 Å². The summed E-state index contributed by atoms with van der Waals surface area (Å²) >= 11 is 11.7. The van der Waals surface area contributed by atoms with Crippen LogP contribution in [0.3, 0.4) is 0 Å². The lowest BCUT2D eigenvalue weighted by Crippen LogP contribution is -2.19. The van der Waals surface area contributed by atoms with E-state index in [-0.39, 0.29) is 0 Å². The van der Waals surface area contributed by atoms with Crippen molar-refractivity contribution in [3.63, 3.8) is 0 Å². The van der Waals surface area contributed by atoms with E-state index in [1.165, 1.54) is 0 Å². The number of rotatable bonds is 5. The number of nitrogens with one attached hydrogen (secondary N) is 2. The Bertz CT molecular complexity index is 684. The first-order chi connectivity index (χ1) is 11.0. The Labute approximate surface area is 147 Å². The highest BCUT2D eigenvalue weighted by Gasteiger charge is 2.07. The van der Waals surface area contributed by atoms with E-state index < -0.39 is 5.76 Å². The zero-order chi connectivity index (χ0) is 16.8. The number of thioether (sulfide) groups is 1. The van der Waals surface area contributed by atoms with E-state index in [1.807, 2.05) is 0 Å². The van der Waals surface area contributed by atoms with Crippen molar-refractivity contribution in [2.24, 2.45) is 0 Å². The average molecular weight is 375 g/mol. The molecule has 2 N–H and O–H groups in total. The van der Waals surface area contributed by atoms with Crippen molar-refractivity contribution in [3.05, 3.63) is 47.5 Å². The molecule has 0 aliphatic rings. The van der Waals surface area contributed by atoms with Crippen molar-refractivity contribution < 1.29 is 13.5 Å². The maximum absolute atomic E-state index is 12.3. The maximum atomic E-state index is 12.3. The minimum absolute atomic E-state index is 0.333. The second-order valence-corrected chi connectivity index (χ2v) is 6.23. The summed E-state index contributed by atoms with van der Waals surface area (Å²) < 4.78 is 29.8. The topological polar surface area (TPSA) is 33.3 Å². The first kappa shape index (κ1) is 17.8. The molecule has 0 heterocycles. The highest BCUT2D eigenvalue weighted by Crippen LogP contribution is 2.28. The molecule has 0 spiro atoms. The average Bonchev–Trinajstić information content (AvgIpc) is 2.49. The number of anilines is 2. The smallest absolute Gasteiger partial charge is 0.288 e. The summed E-state index contributed by atoms with van der Waals surface area (Å²) in [6.45, 7) is 0. The summed E-state index contributed by atoms with van der Waals surface area (Å²) in [7, 11) is 1.55. The molecule has 23 heavy (non-hydrogen) atoms. The maximum Gasteiger partial charge on any atom is 0.288 e. The lowest BCUT2D eigenvalue weighted by molar-refractivity contribution is 0.252. The van der Waals surface area contributed by atoms with Gasteiger partial charge in [-0.15, -0.1) is 0 Å². The minimum Gasteiger partial charge on any atom is -0.495 e. The number of thiocarbonyl (C=S) groups is 1. The van der Waals surface area contributed by atoms with Crippen molar-refractivity contribution >= 4 is 52.1 Å². The normalized spacial score (nSPS) is 10.5. The molecule has 2 aromatic rings. The Morgan fingerprint density at radius 2 is 1.87 bits per heavy atom. The summed E-state index contributed by atoms with van der Waals surface area (Å²) in [6.07, 6.45) is 0. The number of benzene rings is 2. The Morgan fingerprint density at radius 3 is 2.48 bits per heavy atom. The summed E-state index contributed by atoms with van der Waals surface area (Å²) in [5.41, 5.74) is 1.31. The molecule has 0 atom stereocenters. The highest BCUT2D eigenvalue weighted by atomic mass is 35.5. The number of hydrogen-bond acceptors (Lipinski definition) is 3. The third kappa shape index (κ3) is 5.53. The van der Waals surface area contributed by atoms with Crippen LogP contribution >= 0.6 is 35.6 Å². The standard InChI is InChI=1S/C15H13ClF2N2OS2/c1-21-13-7-2-9(16)8-12(13)20-15(22)19-10-3-5-11(6-4-10)23-14(17)18/h2-8,14H,1H3,(H2,19,20,22). The van der Waals surface area contributed by atoms with Gasteiger partial charge in [0, 0.05) is 15.6 Å². The van der Waals surface area contributed by atoms with Gasteiger partial charge in [0.05, 0.1) is 12.8 Å². The van der Waals surface area contributed by atoms with Crippen LogP contribution < -0.4 is 15.4 Å². The van der Waals surface area contributed by atoms with Crippen molar-refractivity contribution in [1.82, 2.24) is 0 Å². The predicted molar refractivity (Wildman–Crippen MR) is 96.2 cm³/mol. The third-order valence-corrected chi connectivity index (χ3v) is 3.91. The fourth-order valence-electron chi connectivity index (χ4n) is 1.78. The van der Waals surface area contributed by atoms with Crippen LogP contribution in [-0.4, -0.2) is 18.0 Å². The van der Waals surface area contributed by atoms with Gasteiger partial charge in [-0.05, 0) is 54.7 Å². The molecule has 0 aliphatic heterocycles. The van der Waals surface area contributed by atoms with Gasteiger partial charge in [-0.1, -0.05) is 23.4 Å². The number of hydrogen-bond donors (Lipinski definition) is 2. The summed E-state index contributed by atoms with van der Waals surface area (Å²) in [5.74, 6) is -1.84. The first-order valence-electron chi connectivity index (χ1n) is 6.44. The van der Waals surface area contributed by atoms with Crippen LogP contribution in [0.4, 0.5) is 20.2 Å². The molecule has 0 fully saturated rings. The lowest BCUT2D eigenvalue weighted by atomic mass is 10.3. The summed E-state index contributed by atoms with van der Waals surface area (Å²) in [4.78, 5) is 0.487. The third-order valence-electron chi connectivity index (χ3n) is 2.75. The SMILES string of the molecule is COc1ccc(Cl)cc1NC(=S)Nc1ccc(SC(F)F)cc1. The van der Waals surface area contributed by atoms with E-state index in [0.29, 0.717) is 43.9 Å². The van der Waals surface area contributed by atoms with Gasteiger partial charge in [0.2, 0.25) is 0 Å². The number of methoxy groups -OCH3 is 1. The zero-order valence-corrected chi connectivity index (χ0v) is 14.4.